The molecule has 0 bridgehead atoms. The number of rotatable bonds is 5. The summed E-state index contributed by atoms with van der Waals surface area (Å²) in [6, 6.07) is 12.5. The van der Waals surface area contributed by atoms with E-state index in [1.165, 1.54) is 6.07 Å². The molecule has 1 aliphatic rings. The number of halogens is 1. The number of likely N-dealkylation sites (tertiary alicyclic amines) is 1. The lowest BCUT2D eigenvalue weighted by atomic mass is 10.0. The third-order valence-electron chi connectivity index (χ3n) is 4.23. The fourth-order valence-electron chi connectivity index (χ4n) is 3.01. The van der Waals surface area contributed by atoms with E-state index in [1.807, 2.05) is 24.3 Å². The van der Waals surface area contributed by atoms with E-state index in [1.54, 1.807) is 18.3 Å². The van der Waals surface area contributed by atoms with Crippen LogP contribution in [-0.2, 0) is 13.1 Å². The molecule has 2 N–H and O–H groups in total. The van der Waals surface area contributed by atoms with Crippen LogP contribution < -0.4 is 5.32 Å². The molecule has 0 aliphatic carbocycles. The van der Waals surface area contributed by atoms with Crippen LogP contribution in [-0.4, -0.2) is 40.2 Å². The minimum Gasteiger partial charge on any atom is -0.390 e. The van der Waals surface area contributed by atoms with Crippen LogP contribution in [0.1, 0.15) is 17.7 Å². The highest BCUT2D eigenvalue weighted by molar-refractivity contribution is 5.16. The molecule has 0 radical (unpaired) electrons. The van der Waals surface area contributed by atoms with Crippen LogP contribution in [0.2, 0.25) is 0 Å². The molecule has 1 fully saturated rings. The minimum atomic E-state index is -0.430. The summed E-state index contributed by atoms with van der Waals surface area (Å²) in [7, 11) is 0. The second-order valence-electron chi connectivity index (χ2n) is 6.03. The van der Waals surface area contributed by atoms with E-state index in [9.17, 15) is 9.50 Å². The molecule has 0 unspecified atom stereocenters. The van der Waals surface area contributed by atoms with Gasteiger partial charge in [-0.05, 0) is 36.2 Å². The Balaban J connectivity index is 1.49. The van der Waals surface area contributed by atoms with Gasteiger partial charge in [0.1, 0.15) is 5.82 Å². The SMILES string of the molecule is O[C@@H]1CN(Cc2cccc(F)c2)CC[C@H]1NCc1ccccn1. The number of aliphatic hydroxyl groups excluding tert-OH is 1. The molecule has 3 rings (SSSR count). The lowest BCUT2D eigenvalue weighted by molar-refractivity contribution is 0.0364. The van der Waals surface area contributed by atoms with Crippen LogP contribution in [0.25, 0.3) is 0 Å². The van der Waals surface area contributed by atoms with Crippen LogP contribution in [0.15, 0.2) is 48.7 Å². The Morgan fingerprint density at radius 2 is 2.17 bits per heavy atom. The van der Waals surface area contributed by atoms with Crippen LogP contribution in [0.4, 0.5) is 4.39 Å². The number of benzene rings is 1. The summed E-state index contributed by atoms with van der Waals surface area (Å²) < 4.78 is 13.2. The van der Waals surface area contributed by atoms with E-state index in [0.717, 1.165) is 24.2 Å². The van der Waals surface area contributed by atoms with E-state index >= 15 is 0 Å². The van der Waals surface area contributed by atoms with Gasteiger partial charge in [-0.1, -0.05) is 18.2 Å². The van der Waals surface area contributed by atoms with E-state index in [2.05, 4.69) is 15.2 Å². The van der Waals surface area contributed by atoms with Crippen molar-refractivity contribution in [1.82, 2.24) is 15.2 Å². The summed E-state index contributed by atoms with van der Waals surface area (Å²) in [4.78, 5) is 6.44. The average Bonchev–Trinajstić information content (AvgIpc) is 2.55. The molecule has 1 saturated heterocycles. The fraction of sp³-hybridized carbons (Fsp3) is 0.389. The average molecular weight is 315 g/mol. The minimum absolute atomic E-state index is 0.0702. The predicted molar refractivity (Wildman–Crippen MR) is 87.2 cm³/mol. The van der Waals surface area contributed by atoms with Crippen molar-refractivity contribution in [2.45, 2.75) is 31.7 Å². The summed E-state index contributed by atoms with van der Waals surface area (Å²) >= 11 is 0. The van der Waals surface area contributed by atoms with Crippen molar-refractivity contribution in [3.63, 3.8) is 0 Å². The molecule has 1 aliphatic heterocycles. The molecule has 2 atom stereocenters. The lowest BCUT2D eigenvalue weighted by Gasteiger charge is -2.36. The van der Waals surface area contributed by atoms with Crippen LogP contribution in [0.5, 0.6) is 0 Å². The van der Waals surface area contributed by atoms with Crippen molar-refractivity contribution in [3.05, 3.63) is 65.7 Å². The molecular weight excluding hydrogens is 293 g/mol. The summed E-state index contributed by atoms with van der Waals surface area (Å²) in [6.07, 6.45) is 2.21. The number of nitrogens with one attached hydrogen (secondary N) is 1. The number of aliphatic hydroxyl groups is 1. The second-order valence-corrected chi connectivity index (χ2v) is 6.03. The highest BCUT2D eigenvalue weighted by atomic mass is 19.1. The van der Waals surface area contributed by atoms with E-state index < -0.39 is 6.10 Å². The van der Waals surface area contributed by atoms with Gasteiger partial charge in [-0.15, -0.1) is 0 Å². The summed E-state index contributed by atoms with van der Waals surface area (Å²) in [6.45, 7) is 2.80. The van der Waals surface area contributed by atoms with Crippen molar-refractivity contribution in [3.8, 4) is 0 Å². The largest absolute Gasteiger partial charge is 0.390 e. The number of piperidine rings is 1. The van der Waals surface area contributed by atoms with Crippen LogP contribution in [0, 0.1) is 5.82 Å². The second kappa shape index (κ2) is 7.64. The van der Waals surface area contributed by atoms with Crippen LogP contribution in [0.3, 0.4) is 0 Å². The normalized spacial score (nSPS) is 22.2. The summed E-state index contributed by atoms with van der Waals surface area (Å²) in [5, 5.41) is 13.7. The van der Waals surface area contributed by atoms with Gasteiger partial charge in [-0.3, -0.25) is 9.88 Å². The third-order valence-corrected chi connectivity index (χ3v) is 4.23. The highest BCUT2D eigenvalue weighted by Gasteiger charge is 2.27. The molecule has 2 heterocycles. The van der Waals surface area contributed by atoms with E-state index in [0.29, 0.717) is 19.6 Å². The zero-order valence-corrected chi connectivity index (χ0v) is 13.0. The Bertz CT molecular complexity index is 623. The molecule has 0 amide bonds. The monoisotopic (exact) mass is 315 g/mol. The van der Waals surface area contributed by atoms with Gasteiger partial charge in [-0.2, -0.15) is 0 Å². The third kappa shape index (κ3) is 4.58. The zero-order valence-electron chi connectivity index (χ0n) is 13.0. The molecule has 2 aromatic rings. The predicted octanol–water partition coefficient (Wildman–Crippen LogP) is 1.95. The first kappa shape index (κ1) is 16.1. The Labute approximate surface area is 136 Å². The summed E-state index contributed by atoms with van der Waals surface area (Å²) in [5.41, 5.74) is 1.92. The van der Waals surface area contributed by atoms with Crippen molar-refractivity contribution >= 4 is 0 Å². The topological polar surface area (TPSA) is 48.4 Å². The lowest BCUT2D eigenvalue weighted by Crippen LogP contribution is -2.52. The summed E-state index contributed by atoms with van der Waals surface area (Å²) in [5.74, 6) is -0.213. The molecule has 1 aromatic carbocycles. The van der Waals surface area contributed by atoms with E-state index in [-0.39, 0.29) is 11.9 Å². The van der Waals surface area contributed by atoms with Crippen molar-refractivity contribution < 1.29 is 9.50 Å². The van der Waals surface area contributed by atoms with Gasteiger partial charge in [0, 0.05) is 38.4 Å². The van der Waals surface area contributed by atoms with Gasteiger partial charge in [0.15, 0.2) is 0 Å². The first-order chi connectivity index (χ1) is 11.2. The maximum absolute atomic E-state index is 13.2. The van der Waals surface area contributed by atoms with Gasteiger partial charge in [-0.25, -0.2) is 4.39 Å². The smallest absolute Gasteiger partial charge is 0.123 e. The van der Waals surface area contributed by atoms with Crippen molar-refractivity contribution in [1.29, 1.82) is 0 Å². The maximum atomic E-state index is 13.2. The van der Waals surface area contributed by atoms with Gasteiger partial charge in [0.25, 0.3) is 0 Å². The number of hydrogen-bond acceptors (Lipinski definition) is 4. The van der Waals surface area contributed by atoms with Gasteiger partial charge in [0.05, 0.1) is 11.8 Å². The quantitative estimate of drug-likeness (QED) is 0.885. The van der Waals surface area contributed by atoms with Gasteiger partial charge < -0.3 is 10.4 Å². The molecule has 4 nitrogen and oxygen atoms in total. The maximum Gasteiger partial charge on any atom is 0.123 e. The van der Waals surface area contributed by atoms with Gasteiger partial charge >= 0.3 is 0 Å². The van der Waals surface area contributed by atoms with Crippen LogP contribution >= 0.6 is 0 Å². The fourth-order valence-corrected chi connectivity index (χ4v) is 3.01. The Morgan fingerprint density at radius 3 is 2.91 bits per heavy atom. The molecule has 1 aromatic heterocycles. The molecule has 23 heavy (non-hydrogen) atoms. The highest BCUT2D eigenvalue weighted by Crippen LogP contribution is 2.15. The number of aromatic nitrogens is 1. The number of β-amino-alcohol motifs (C(OH)–C–C–N with tert-alkyl or cyclic N) is 1. The zero-order chi connectivity index (χ0) is 16.1. The standard InChI is InChI=1S/C18H22FN3O/c19-15-5-3-4-14(10-15)12-22-9-7-17(18(23)13-22)21-11-16-6-1-2-8-20-16/h1-6,8,10,17-18,21,23H,7,9,11-13H2/t17-,18-/m1/s1. The number of hydrogen-bond donors (Lipinski definition) is 2. The Morgan fingerprint density at radius 1 is 1.26 bits per heavy atom. The van der Waals surface area contributed by atoms with Gasteiger partial charge in [0.2, 0.25) is 0 Å². The first-order valence-corrected chi connectivity index (χ1v) is 7.99. The number of pyridine rings is 1. The Kier molecular flexibility index (Phi) is 5.33. The van der Waals surface area contributed by atoms with Crippen molar-refractivity contribution in [2.75, 3.05) is 13.1 Å². The van der Waals surface area contributed by atoms with E-state index in [4.69, 9.17) is 0 Å². The first-order valence-electron chi connectivity index (χ1n) is 7.99. The molecular formula is C18H22FN3O. The molecule has 0 saturated carbocycles. The molecule has 122 valence electrons. The Hall–Kier alpha value is -1.82. The van der Waals surface area contributed by atoms with Crippen molar-refractivity contribution in [2.24, 2.45) is 0 Å². The number of nitrogens with zero attached hydrogens (tertiary/aromatic N) is 2. The molecule has 5 heteroatoms. The molecule has 0 spiro atoms.